The summed E-state index contributed by atoms with van der Waals surface area (Å²) in [6.07, 6.45) is 9.65. The van der Waals surface area contributed by atoms with Crippen LogP contribution in [0.1, 0.15) is 50.5 Å². The molecular formula is C28H40N4O4S2. The Morgan fingerprint density at radius 3 is 2.42 bits per heavy atom. The summed E-state index contributed by atoms with van der Waals surface area (Å²) >= 11 is 1.92. The molecule has 2 heterocycles. The predicted octanol–water partition coefficient (Wildman–Crippen LogP) is 4.79. The summed E-state index contributed by atoms with van der Waals surface area (Å²) in [7, 11) is -1.82. The maximum Gasteiger partial charge on any atom is 0.333 e. The number of likely N-dealkylation sites (tertiary alicyclic amines) is 1. The van der Waals surface area contributed by atoms with Crippen molar-refractivity contribution in [3.63, 3.8) is 0 Å². The lowest BCUT2D eigenvalue weighted by Gasteiger charge is -2.20. The first kappa shape index (κ1) is 30.2. The monoisotopic (exact) mass is 560 g/mol. The Kier molecular flexibility index (Phi) is 11.7. The highest BCUT2D eigenvalue weighted by Gasteiger charge is 2.17. The summed E-state index contributed by atoms with van der Waals surface area (Å²) < 4.78 is 33.7. The SMILES string of the molecule is CN1CCCC1=NCCSc1cn(Cc2ccccc2)c2ccccc12.O.O=S(=O)(O)NC1CCCCC1. The van der Waals surface area contributed by atoms with Gasteiger partial charge < -0.3 is 14.9 Å². The molecule has 0 bridgehead atoms. The number of amidine groups is 1. The standard InChI is InChI=1S/C22H25N3S.C6H13NO3S.H2O/c1-24-14-7-12-22(24)23-13-15-26-21-17-25(16-18-8-3-2-4-9-18)20-11-6-5-10-19(20)21;8-11(9,10)7-6-4-2-1-3-5-6;/h2-6,8-11,17H,7,12-16H2,1H3;6-7H,1-5H2,(H,8,9,10);1H2. The van der Waals surface area contributed by atoms with Crippen LogP contribution in [0.15, 0.2) is 70.7 Å². The molecule has 1 aliphatic heterocycles. The van der Waals surface area contributed by atoms with E-state index >= 15 is 0 Å². The second kappa shape index (κ2) is 14.7. The number of aliphatic imine (C=N–C) groups is 1. The molecule has 2 aromatic carbocycles. The Labute approximate surface area is 230 Å². The zero-order valence-electron chi connectivity index (χ0n) is 22.1. The number of rotatable bonds is 8. The quantitative estimate of drug-likeness (QED) is 0.233. The van der Waals surface area contributed by atoms with Crippen LogP contribution in [0.2, 0.25) is 0 Å². The lowest BCUT2D eigenvalue weighted by molar-refractivity contribution is 0.389. The number of benzene rings is 2. The van der Waals surface area contributed by atoms with Gasteiger partial charge >= 0.3 is 10.3 Å². The van der Waals surface area contributed by atoms with Crippen molar-refractivity contribution in [3.8, 4) is 0 Å². The number of fused-ring (bicyclic) bond motifs is 1. The van der Waals surface area contributed by atoms with E-state index in [-0.39, 0.29) is 11.5 Å². The topological polar surface area (TPSA) is 118 Å². The Balaban J connectivity index is 0.000000282. The van der Waals surface area contributed by atoms with Gasteiger partial charge in [0, 0.05) is 60.3 Å². The minimum Gasteiger partial charge on any atom is -0.412 e. The number of para-hydroxylation sites is 1. The first-order valence-electron chi connectivity index (χ1n) is 13.1. The zero-order valence-corrected chi connectivity index (χ0v) is 23.7. The zero-order chi connectivity index (χ0) is 26.1. The fourth-order valence-corrected chi connectivity index (χ4v) is 6.58. The molecule has 3 aromatic rings. The molecule has 5 rings (SSSR count). The highest BCUT2D eigenvalue weighted by molar-refractivity contribution is 7.99. The minimum atomic E-state index is -3.97. The first-order valence-corrected chi connectivity index (χ1v) is 15.6. The number of aromatic nitrogens is 1. The normalized spacial score (nSPS) is 17.3. The van der Waals surface area contributed by atoms with Gasteiger partial charge in [-0.1, -0.05) is 67.8 Å². The van der Waals surface area contributed by atoms with Crippen LogP contribution in [0.25, 0.3) is 10.9 Å². The van der Waals surface area contributed by atoms with Gasteiger partial charge in [-0.3, -0.25) is 9.55 Å². The second-order valence-corrected chi connectivity index (χ2v) is 12.0. The molecule has 2 aliphatic rings. The summed E-state index contributed by atoms with van der Waals surface area (Å²) in [6.45, 7) is 2.95. The molecule has 0 spiro atoms. The van der Waals surface area contributed by atoms with E-state index in [1.54, 1.807) is 0 Å². The number of hydrogen-bond acceptors (Lipinski definition) is 4. The number of thioether (sulfide) groups is 1. The Hall–Kier alpha value is -2.37. The molecule has 0 amide bonds. The lowest BCUT2D eigenvalue weighted by Crippen LogP contribution is -2.35. The van der Waals surface area contributed by atoms with Crippen molar-refractivity contribution in [3.05, 3.63) is 66.4 Å². The molecule has 1 aromatic heterocycles. The van der Waals surface area contributed by atoms with Crippen LogP contribution in [-0.4, -0.2) is 65.7 Å². The van der Waals surface area contributed by atoms with Crippen molar-refractivity contribution >= 4 is 38.8 Å². The molecule has 0 atom stereocenters. The van der Waals surface area contributed by atoms with Gasteiger partial charge in [0.25, 0.3) is 0 Å². The number of nitrogens with one attached hydrogen (secondary N) is 1. The highest BCUT2D eigenvalue weighted by atomic mass is 32.2. The molecular weight excluding hydrogens is 520 g/mol. The van der Waals surface area contributed by atoms with E-state index in [9.17, 15) is 8.42 Å². The molecule has 208 valence electrons. The Bertz CT molecular complexity index is 1270. The fraction of sp³-hybridized carbons (Fsp3) is 0.464. The Morgan fingerprint density at radius 1 is 1.03 bits per heavy atom. The van der Waals surface area contributed by atoms with Gasteiger partial charge in [-0.2, -0.15) is 13.1 Å². The van der Waals surface area contributed by atoms with E-state index in [1.807, 2.05) is 11.8 Å². The van der Waals surface area contributed by atoms with Crippen molar-refractivity contribution in [1.82, 2.24) is 14.2 Å². The van der Waals surface area contributed by atoms with E-state index < -0.39 is 10.3 Å². The molecule has 1 saturated carbocycles. The van der Waals surface area contributed by atoms with Crippen molar-refractivity contribution in [1.29, 1.82) is 0 Å². The van der Waals surface area contributed by atoms with Gasteiger partial charge in [0.2, 0.25) is 0 Å². The van der Waals surface area contributed by atoms with E-state index in [0.29, 0.717) is 0 Å². The molecule has 0 radical (unpaired) electrons. The van der Waals surface area contributed by atoms with E-state index in [1.165, 1.54) is 40.0 Å². The average molecular weight is 561 g/mol. The van der Waals surface area contributed by atoms with Crippen LogP contribution in [0.3, 0.4) is 0 Å². The molecule has 8 nitrogen and oxygen atoms in total. The fourth-order valence-electron chi connectivity index (χ4n) is 4.99. The van der Waals surface area contributed by atoms with Crippen molar-refractivity contribution < 1.29 is 18.4 Å². The smallest absolute Gasteiger partial charge is 0.333 e. The van der Waals surface area contributed by atoms with Crippen LogP contribution in [0.5, 0.6) is 0 Å². The number of nitrogens with zero attached hydrogens (tertiary/aromatic N) is 3. The van der Waals surface area contributed by atoms with Gasteiger partial charge in [0.15, 0.2) is 0 Å². The average Bonchev–Trinajstić information content (AvgIpc) is 3.45. The summed E-state index contributed by atoms with van der Waals surface area (Å²) in [4.78, 5) is 8.43. The summed E-state index contributed by atoms with van der Waals surface area (Å²) in [5, 5.41) is 1.35. The maximum atomic E-state index is 10.3. The van der Waals surface area contributed by atoms with Gasteiger partial charge in [-0.15, -0.1) is 11.8 Å². The van der Waals surface area contributed by atoms with Crippen molar-refractivity contribution in [2.75, 3.05) is 25.9 Å². The summed E-state index contributed by atoms with van der Waals surface area (Å²) in [5.41, 5.74) is 2.64. The molecule has 0 unspecified atom stereocenters. The van der Waals surface area contributed by atoms with E-state index in [4.69, 9.17) is 9.55 Å². The number of hydrogen-bond donors (Lipinski definition) is 2. The van der Waals surface area contributed by atoms with E-state index in [2.05, 4.69) is 82.0 Å². The van der Waals surface area contributed by atoms with Crippen LogP contribution in [0, 0.1) is 0 Å². The molecule has 1 aliphatic carbocycles. The minimum absolute atomic E-state index is 0. The summed E-state index contributed by atoms with van der Waals surface area (Å²) in [5.74, 6) is 2.30. The highest BCUT2D eigenvalue weighted by Crippen LogP contribution is 2.30. The maximum absolute atomic E-state index is 10.3. The largest absolute Gasteiger partial charge is 0.412 e. The molecule has 1 saturated heterocycles. The van der Waals surface area contributed by atoms with Crippen LogP contribution in [0.4, 0.5) is 0 Å². The van der Waals surface area contributed by atoms with Crippen LogP contribution < -0.4 is 4.72 Å². The van der Waals surface area contributed by atoms with Gasteiger partial charge in [-0.25, -0.2) is 0 Å². The Morgan fingerprint density at radius 2 is 1.74 bits per heavy atom. The predicted molar refractivity (Wildman–Crippen MR) is 158 cm³/mol. The molecule has 2 fully saturated rings. The third-order valence-corrected chi connectivity index (χ3v) is 8.50. The van der Waals surface area contributed by atoms with E-state index in [0.717, 1.165) is 57.5 Å². The van der Waals surface area contributed by atoms with Crippen LogP contribution >= 0.6 is 11.8 Å². The third-order valence-electron chi connectivity index (χ3n) is 6.85. The van der Waals surface area contributed by atoms with Gasteiger partial charge in [-0.05, 0) is 30.9 Å². The first-order chi connectivity index (χ1) is 17.9. The third kappa shape index (κ3) is 9.13. The summed E-state index contributed by atoms with van der Waals surface area (Å²) in [6, 6.07) is 19.3. The van der Waals surface area contributed by atoms with Gasteiger partial charge in [0.05, 0.1) is 12.4 Å². The second-order valence-electron chi connectivity index (χ2n) is 9.72. The van der Waals surface area contributed by atoms with Crippen molar-refractivity contribution in [2.45, 2.75) is 62.4 Å². The van der Waals surface area contributed by atoms with Crippen molar-refractivity contribution in [2.24, 2.45) is 4.99 Å². The molecule has 4 N–H and O–H groups in total. The molecule has 38 heavy (non-hydrogen) atoms. The lowest BCUT2D eigenvalue weighted by atomic mass is 9.96. The van der Waals surface area contributed by atoms with Crippen LogP contribution in [-0.2, 0) is 16.8 Å². The molecule has 10 heteroatoms. The van der Waals surface area contributed by atoms with Gasteiger partial charge in [0.1, 0.15) is 0 Å².